The number of carbonyl (C=O) groups is 2. The molecule has 0 fully saturated rings. The van der Waals surface area contributed by atoms with Crippen LogP contribution >= 0.6 is 35.0 Å². The maximum atomic E-state index is 12.3. The van der Waals surface area contributed by atoms with E-state index in [0.29, 0.717) is 27.0 Å². The first-order valence-electron chi connectivity index (χ1n) is 8.35. The van der Waals surface area contributed by atoms with Crippen LogP contribution in [0.15, 0.2) is 77.7 Å². The first-order valence-corrected chi connectivity index (χ1v) is 10.1. The van der Waals surface area contributed by atoms with Gasteiger partial charge in [0, 0.05) is 31.9 Å². The molecule has 3 aromatic rings. The fourth-order valence-electron chi connectivity index (χ4n) is 2.41. The number of carbonyl (C=O) groups excluding carboxylic acids is 2. The van der Waals surface area contributed by atoms with E-state index in [1.54, 1.807) is 54.6 Å². The molecule has 3 rings (SSSR count). The molecule has 0 saturated heterocycles. The summed E-state index contributed by atoms with van der Waals surface area (Å²) in [5, 5.41) is 6.70. The summed E-state index contributed by atoms with van der Waals surface area (Å²) < 4.78 is 0. The van der Waals surface area contributed by atoms with E-state index < -0.39 is 0 Å². The van der Waals surface area contributed by atoms with Crippen molar-refractivity contribution < 1.29 is 9.59 Å². The number of nitrogens with one attached hydrogen (secondary N) is 2. The number of halogens is 2. The Labute approximate surface area is 177 Å². The van der Waals surface area contributed by atoms with E-state index >= 15 is 0 Å². The number of rotatable bonds is 6. The van der Waals surface area contributed by atoms with Crippen LogP contribution < -0.4 is 10.6 Å². The Morgan fingerprint density at radius 2 is 1.43 bits per heavy atom. The molecule has 0 bridgehead atoms. The van der Waals surface area contributed by atoms with Crippen LogP contribution in [0, 0.1) is 0 Å². The molecule has 0 spiro atoms. The summed E-state index contributed by atoms with van der Waals surface area (Å²) in [6, 6.07) is 21.0. The Hall–Kier alpha value is -2.47. The molecule has 0 atom stereocenters. The normalized spacial score (nSPS) is 10.4. The van der Waals surface area contributed by atoms with Gasteiger partial charge in [0.1, 0.15) is 0 Å². The van der Waals surface area contributed by atoms with Crippen molar-refractivity contribution >= 4 is 58.2 Å². The van der Waals surface area contributed by atoms with Crippen LogP contribution in [0.5, 0.6) is 0 Å². The molecule has 0 heterocycles. The molecule has 4 nitrogen and oxygen atoms in total. The van der Waals surface area contributed by atoms with Crippen molar-refractivity contribution in [3.63, 3.8) is 0 Å². The fourth-order valence-corrected chi connectivity index (χ4v) is 3.54. The lowest BCUT2D eigenvalue weighted by atomic mass is 10.2. The van der Waals surface area contributed by atoms with Gasteiger partial charge in [0.05, 0.1) is 5.75 Å². The lowest BCUT2D eigenvalue weighted by Gasteiger charge is -2.08. The Kier molecular flexibility index (Phi) is 6.98. The second kappa shape index (κ2) is 9.64. The summed E-state index contributed by atoms with van der Waals surface area (Å²) in [5.41, 5.74) is 1.78. The summed E-state index contributed by atoms with van der Waals surface area (Å²) in [6.45, 7) is 0. The van der Waals surface area contributed by atoms with Gasteiger partial charge in [0.15, 0.2) is 0 Å². The number of hydrogen-bond acceptors (Lipinski definition) is 3. The van der Waals surface area contributed by atoms with Gasteiger partial charge in [0.25, 0.3) is 5.91 Å². The zero-order chi connectivity index (χ0) is 19.9. The zero-order valence-corrected chi connectivity index (χ0v) is 16.9. The van der Waals surface area contributed by atoms with Gasteiger partial charge >= 0.3 is 0 Å². The van der Waals surface area contributed by atoms with Crippen LogP contribution in [0.4, 0.5) is 11.4 Å². The van der Waals surface area contributed by atoms with E-state index in [1.165, 1.54) is 11.8 Å². The largest absolute Gasteiger partial charge is 0.325 e. The lowest BCUT2D eigenvalue weighted by Crippen LogP contribution is -2.14. The van der Waals surface area contributed by atoms with E-state index in [0.717, 1.165) is 4.90 Å². The first-order chi connectivity index (χ1) is 13.5. The third-order valence-electron chi connectivity index (χ3n) is 3.66. The third kappa shape index (κ3) is 6.02. The molecular weight excluding hydrogens is 415 g/mol. The second-order valence-corrected chi connectivity index (χ2v) is 7.76. The average Bonchev–Trinajstić information content (AvgIpc) is 2.67. The highest BCUT2D eigenvalue weighted by molar-refractivity contribution is 8.00. The zero-order valence-electron chi connectivity index (χ0n) is 14.6. The van der Waals surface area contributed by atoms with Crippen LogP contribution in [0.3, 0.4) is 0 Å². The van der Waals surface area contributed by atoms with Crippen molar-refractivity contribution in [3.05, 3.63) is 88.4 Å². The molecule has 7 heteroatoms. The molecule has 3 aromatic carbocycles. The van der Waals surface area contributed by atoms with Crippen LogP contribution in [0.1, 0.15) is 10.4 Å². The molecule has 0 aliphatic heterocycles. The van der Waals surface area contributed by atoms with Crippen LogP contribution in [0.2, 0.25) is 10.0 Å². The first kappa shape index (κ1) is 20.3. The highest BCUT2D eigenvalue weighted by atomic mass is 35.5. The van der Waals surface area contributed by atoms with Crippen molar-refractivity contribution in [2.45, 2.75) is 4.90 Å². The molecule has 0 saturated carbocycles. The SMILES string of the molecule is O=C(CSc1cccc(NC(=O)c2cccc(Cl)c2)c1)Nc1cccc(Cl)c1. The number of amides is 2. The predicted molar refractivity (Wildman–Crippen MR) is 117 cm³/mol. The van der Waals surface area contributed by atoms with Crippen LogP contribution in [0.25, 0.3) is 0 Å². The number of thioether (sulfide) groups is 1. The monoisotopic (exact) mass is 430 g/mol. The van der Waals surface area contributed by atoms with Gasteiger partial charge < -0.3 is 10.6 Å². The van der Waals surface area contributed by atoms with E-state index in [2.05, 4.69) is 10.6 Å². The smallest absolute Gasteiger partial charge is 0.255 e. The van der Waals surface area contributed by atoms with E-state index in [9.17, 15) is 9.59 Å². The Morgan fingerprint density at radius 3 is 2.14 bits per heavy atom. The van der Waals surface area contributed by atoms with Gasteiger partial charge in [-0.15, -0.1) is 11.8 Å². The lowest BCUT2D eigenvalue weighted by molar-refractivity contribution is -0.113. The minimum absolute atomic E-state index is 0.138. The quantitative estimate of drug-likeness (QED) is 0.473. The van der Waals surface area contributed by atoms with Gasteiger partial charge in [0.2, 0.25) is 5.91 Å². The standard InChI is InChI=1S/C21H16Cl2N2O2S/c22-15-5-1-4-14(10-15)21(27)25-18-8-3-9-19(12-18)28-13-20(26)24-17-7-2-6-16(23)11-17/h1-12H,13H2,(H,24,26)(H,25,27). The molecule has 28 heavy (non-hydrogen) atoms. The maximum Gasteiger partial charge on any atom is 0.255 e. The molecule has 0 aliphatic rings. The van der Waals surface area contributed by atoms with Crippen LogP contribution in [-0.4, -0.2) is 17.6 Å². The van der Waals surface area contributed by atoms with Gasteiger partial charge in [-0.1, -0.05) is 41.4 Å². The van der Waals surface area contributed by atoms with E-state index in [1.807, 2.05) is 18.2 Å². The van der Waals surface area contributed by atoms with Gasteiger partial charge in [-0.05, 0) is 54.6 Å². The Morgan fingerprint density at radius 1 is 0.786 bits per heavy atom. The molecule has 0 aromatic heterocycles. The number of anilines is 2. The van der Waals surface area contributed by atoms with Crippen LogP contribution in [-0.2, 0) is 4.79 Å². The topological polar surface area (TPSA) is 58.2 Å². The minimum Gasteiger partial charge on any atom is -0.325 e. The fraction of sp³-hybridized carbons (Fsp3) is 0.0476. The molecule has 142 valence electrons. The van der Waals surface area contributed by atoms with E-state index in [4.69, 9.17) is 23.2 Å². The third-order valence-corrected chi connectivity index (χ3v) is 5.12. The highest BCUT2D eigenvalue weighted by Gasteiger charge is 2.08. The summed E-state index contributed by atoms with van der Waals surface area (Å²) in [4.78, 5) is 25.3. The molecular formula is C21H16Cl2N2O2S. The molecule has 0 radical (unpaired) electrons. The predicted octanol–water partition coefficient (Wildman–Crippen LogP) is 5.98. The van der Waals surface area contributed by atoms with E-state index in [-0.39, 0.29) is 17.6 Å². The van der Waals surface area contributed by atoms with Crippen molar-refractivity contribution in [2.75, 3.05) is 16.4 Å². The average molecular weight is 431 g/mol. The molecule has 2 amide bonds. The molecule has 0 unspecified atom stereocenters. The van der Waals surface area contributed by atoms with Gasteiger partial charge in [-0.2, -0.15) is 0 Å². The number of hydrogen-bond donors (Lipinski definition) is 2. The highest BCUT2D eigenvalue weighted by Crippen LogP contribution is 2.23. The van der Waals surface area contributed by atoms with Crippen molar-refractivity contribution in [2.24, 2.45) is 0 Å². The molecule has 2 N–H and O–H groups in total. The second-order valence-electron chi connectivity index (χ2n) is 5.84. The van der Waals surface area contributed by atoms with Crippen molar-refractivity contribution in [3.8, 4) is 0 Å². The Bertz CT molecular complexity index is 1010. The maximum absolute atomic E-state index is 12.3. The summed E-state index contributed by atoms with van der Waals surface area (Å²) in [5.74, 6) is -0.151. The number of benzene rings is 3. The van der Waals surface area contributed by atoms with Crippen molar-refractivity contribution in [1.82, 2.24) is 0 Å². The molecule has 0 aliphatic carbocycles. The summed E-state index contributed by atoms with van der Waals surface area (Å²) in [7, 11) is 0. The minimum atomic E-state index is -0.247. The summed E-state index contributed by atoms with van der Waals surface area (Å²) in [6.07, 6.45) is 0. The van der Waals surface area contributed by atoms with Gasteiger partial charge in [-0.3, -0.25) is 9.59 Å². The van der Waals surface area contributed by atoms with Crippen molar-refractivity contribution in [1.29, 1.82) is 0 Å². The Balaban J connectivity index is 1.57. The summed E-state index contributed by atoms with van der Waals surface area (Å²) >= 11 is 13.2. The van der Waals surface area contributed by atoms with Gasteiger partial charge in [-0.25, -0.2) is 0 Å².